The minimum absolute atomic E-state index is 0.0389. The minimum Gasteiger partial charge on any atom is -0.497 e. The van der Waals surface area contributed by atoms with Crippen LogP contribution in [0.2, 0.25) is 0 Å². The van der Waals surface area contributed by atoms with Crippen LogP contribution >= 0.6 is 43.2 Å². The van der Waals surface area contributed by atoms with Crippen LogP contribution in [0.3, 0.4) is 0 Å². The number of nitrogens with one attached hydrogen (secondary N) is 1. The molecular weight excluding hydrogens is 418 g/mol. The quantitative estimate of drug-likeness (QED) is 0.694. The Balaban J connectivity index is 2.54. The van der Waals surface area contributed by atoms with Crippen molar-refractivity contribution < 1.29 is 9.47 Å². The van der Waals surface area contributed by atoms with Crippen LogP contribution in [0.4, 0.5) is 0 Å². The lowest BCUT2D eigenvalue weighted by molar-refractivity contribution is 0.394. The maximum Gasteiger partial charge on any atom is 0.124 e. The molecule has 1 aromatic heterocycles. The number of thiophene rings is 1. The number of benzene rings is 1. The molecule has 0 saturated carbocycles. The van der Waals surface area contributed by atoms with Crippen LogP contribution in [0, 0.1) is 0 Å². The summed E-state index contributed by atoms with van der Waals surface area (Å²) < 4.78 is 13.1. The van der Waals surface area contributed by atoms with Gasteiger partial charge < -0.3 is 14.8 Å². The minimum atomic E-state index is 0.0389. The van der Waals surface area contributed by atoms with Crippen LogP contribution in [0.25, 0.3) is 0 Å². The first-order valence-electron chi connectivity index (χ1n) is 6.50. The van der Waals surface area contributed by atoms with Crippen LogP contribution in [0.15, 0.2) is 31.8 Å². The zero-order chi connectivity index (χ0) is 15.4. The standard InChI is InChI=1S/C15H17Br2NO2S/c1-4-18-14(11-8-13(16)21-15(11)17)10-7-9(19-2)5-6-12(10)20-3/h5-8,14,18H,4H2,1-3H3. The fraction of sp³-hybridized carbons (Fsp3) is 0.333. The summed E-state index contributed by atoms with van der Waals surface area (Å²) in [6.07, 6.45) is 0. The van der Waals surface area contributed by atoms with Gasteiger partial charge in [0.05, 0.1) is 27.8 Å². The molecule has 0 aliphatic heterocycles. The Bertz CT molecular complexity index is 616. The second-order valence-electron chi connectivity index (χ2n) is 4.38. The fourth-order valence-corrected chi connectivity index (χ4v) is 5.11. The van der Waals surface area contributed by atoms with Crippen molar-refractivity contribution in [2.24, 2.45) is 0 Å². The van der Waals surface area contributed by atoms with Crippen molar-refractivity contribution in [3.8, 4) is 11.5 Å². The van der Waals surface area contributed by atoms with E-state index >= 15 is 0 Å². The maximum atomic E-state index is 5.52. The molecule has 0 aliphatic rings. The highest BCUT2D eigenvalue weighted by atomic mass is 79.9. The van der Waals surface area contributed by atoms with Crippen molar-refractivity contribution in [1.82, 2.24) is 5.32 Å². The molecule has 2 aromatic rings. The van der Waals surface area contributed by atoms with E-state index < -0.39 is 0 Å². The first kappa shape index (κ1) is 16.8. The Kier molecular flexibility index (Phi) is 6.10. The van der Waals surface area contributed by atoms with Gasteiger partial charge >= 0.3 is 0 Å². The van der Waals surface area contributed by atoms with Gasteiger partial charge in [-0.1, -0.05) is 6.92 Å². The lowest BCUT2D eigenvalue weighted by atomic mass is 10.00. The summed E-state index contributed by atoms with van der Waals surface area (Å²) in [4.78, 5) is 0. The summed E-state index contributed by atoms with van der Waals surface area (Å²) in [6, 6.07) is 8.03. The lowest BCUT2D eigenvalue weighted by Gasteiger charge is -2.21. The smallest absolute Gasteiger partial charge is 0.124 e. The van der Waals surface area contributed by atoms with Gasteiger partial charge in [0.25, 0.3) is 0 Å². The summed E-state index contributed by atoms with van der Waals surface area (Å²) in [6.45, 7) is 2.94. The first-order valence-corrected chi connectivity index (χ1v) is 8.91. The summed E-state index contributed by atoms with van der Waals surface area (Å²) in [5, 5.41) is 3.52. The van der Waals surface area contributed by atoms with Gasteiger partial charge in [0.2, 0.25) is 0 Å². The second kappa shape index (κ2) is 7.63. The van der Waals surface area contributed by atoms with Gasteiger partial charge in [-0.05, 0) is 68.2 Å². The molecule has 0 bridgehead atoms. The monoisotopic (exact) mass is 433 g/mol. The average molecular weight is 435 g/mol. The van der Waals surface area contributed by atoms with Gasteiger partial charge in [0.15, 0.2) is 0 Å². The highest BCUT2D eigenvalue weighted by Crippen LogP contribution is 2.41. The molecule has 6 heteroatoms. The zero-order valence-corrected chi connectivity index (χ0v) is 16.1. The lowest BCUT2D eigenvalue weighted by Crippen LogP contribution is -2.22. The normalized spacial score (nSPS) is 12.2. The molecule has 0 saturated heterocycles. The SMILES string of the molecule is CCNC(c1cc(OC)ccc1OC)c1cc(Br)sc1Br. The third kappa shape index (κ3) is 3.80. The van der Waals surface area contributed by atoms with Gasteiger partial charge in [-0.15, -0.1) is 11.3 Å². The molecule has 0 fully saturated rings. The summed E-state index contributed by atoms with van der Waals surface area (Å²) in [5.74, 6) is 1.66. The summed E-state index contributed by atoms with van der Waals surface area (Å²) >= 11 is 8.85. The van der Waals surface area contributed by atoms with E-state index in [-0.39, 0.29) is 6.04 Å². The Morgan fingerprint density at radius 2 is 1.90 bits per heavy atom. The van der Waals surface area contributed by atoms with E-state index in [4.69, 9.17) is 9.47 Å². The molecule has 1 unspecified atom stereocenters. The molecule has 0 aliphatic carbocycles. The molecule has 1 N–H and O–H groups in total. The van der Waals surface area contributed by atoms with E-state index in [1.807, 2.05) is 18.2 Å². The van der Waals surface area contributed by atoms with Gasteiger partial charge in [0, 0.05) is 5.56 Å². The number of rotatable bonds is 6. The molecule has 114 valence electrons. The van der Waals surface area contributed by atoms with Crippen LogP contribution < -0.4 is 14.8 Å². The zero-order valence-electron chi connectivity index (χ0n) is 12.1. The van der Waals surface area contributed by atoms with E-state index in [1.165, 1.54) is 5.56 Å². The average Bonchev–Trinajstić information content (AvgIpc) is 2.82. The van der Waals surface area contributed by atoms with Gasteiger partial charge in [-0.2, -0.15) is 0 Å². The topological polar surface area (TPSA) is 30.5 Å². The van der Waals surface area contributed by atoms with Crippen LogP contribution in [0.1, 0.15) is 24.1 Å². The number of methoxy groups -OCH3 is 2. The Labute approximate surface area is 145 Å². The molecular formula is C15H17Br2NO2S. The third-order valence-electron chi connectivity index (χ3n) is 3.15. The van der Waals surface area contributed by atoms with Crippen molar-refractivity contribution in [3.05, 3.63) is 43.0 Å². The van der Waals surface area contributed by atoms with Crippen LogP contribution in [0.5, 0.6) is 11.5 Å². The number of hydrogen-bond donors (Lipinski definition) is 1. The van der Waals surface area contributed by atoms with Gasteiger partial charge in [-0.25, -0.2) is 0 Å². The van der Waals surface area contributed by atoms with Crippen LogP contribution in [-0.2, 0) is 0 Å². The number of halogens is 2. The number of ether oxygens (including phenoxy) is 2. The molecule has 3 nitrogen and oxygen atoms in total. The predicted molar refractivity (Wildman–Crippen MR) is 94.8 cm³/mol. The highest BCUT2D eigenvalue weighted by Gasteiger charge is 2.22. The van der Waals surface area contributed by atoms with Crippen LogP contribution in [-0.4, -0.2) is 20.8 Å². The van der Waals surface area contributed by atoms with Crippen molar-refractivity contribution in [1.29, 1.82) is 0 Å². The first-order chi connectivity index (χ1) is 10.1. The summed E-state index contributed by atoms with van der Waals surface area (Å²) in [7, 11) is 3.36. The molecule has 0 radical (unpaired) electrons. The van der Waals surface area contributed by atoms with E-state index in [9.17, 15) is 0 Å². The molecule has 2 rings (SSSR count). The van der Waals surface area contributed by atoms with Gasteiger partial charge in [0.1, 0.15) is 11.5 Å². The van der Waals surface area contributed by atoms with E-state index in [0.717, 1.165) is 31.2 Å². The molecule has 0 amide bonds. The summed E-state index contributed by atoms with van der Waals surface area (Å²) in [5.41, 5.74) is 2.24. The fourth-order valence-electron chi connectivity index (χ4n) is 2.21. The van der Waals surface area contributed by atoms with Crippen molar-refractivity contribution >= 4 is 43.2 Å². The van der Waals surface area contributed by atoms with E-state index in [1.54, 1.807) is 25.6 Å². The molecule has 0 spiro atoms. The van der Waals surface area contributed by atoms with E-state index in [2.05, 4.69) is 50.2 Å². The van der Waals surface area contributed by atoms with Crippen molar-refractivity contribution in [2.75, 3.05) is 20.8 Å². The Hall–Kier alpha value is -0.560. The van der Waals surface area contributed by atoms with Gasteiger partial charge in [-0.3, -0.25) is 0 Å². The molecule has 1 heterocycles. The highest BCUT2D eigenvalue weighted by molar-refractivity contribution is 9.12. The largest absolute Gasteiger partial charge is 0.497 e. The second-order valence-corrected chi connectivity index (χ2v) is 8.13. The molecule has 1 aromatic carbocycles. The predicted octanol–water partition coefficient (Wildman–Crippen LogP) is 4.99. The Morgan fingerprint density at radius 3 is 2.43 bits per heavy atom. The van der Waals surface area contributed by atoms with E-state index in [0.29, 0.717) is 0 Å². The third-order valence-corrected chi connectivity index (χ3v) is 5.54. The Morgan fingerprint density at radius 1 is 1.14 bits per heavy atom. The van der Waals surface area contributed by atoms with Crippen molar-refractivity contribution in [2.45, 2.75) is 13.0 Å². The molecule has 21 heavy (non-hydrogen) atoms. The van der Waals surface area contributed by atoms with Crippen molar-refractivity contribution in [3.63, 3.8) is 0 Å². The molecule has 1 atom stereocenters. The maximum absolute atomic E-state index is 5.52. The number of hydrogen-bond acceptors (Lipinski definition) is 4.